The second kappa shape index (κ2) is 10.4. The average molecular weight is 335 g/mol. The Hall–Kier alpha value is -2.33. The summed E-state index contributed by atoms with van der Waals surface area (Å²) in [7, 11) is 0. The van der Waals surface area contributed by atoms with E-state index >= 15 is 0 Å². The van der Waals surface area contributed by atoms with Gasteiger partial charge in [0.05, 0.1) is 13.2 Å². The fraction of sp³-hybridized carbons (Fsp3) is 0.222. The number of carbonyl (C=O) groups is 2. The van der Waals surface area contributed by atoms with Crippen molar-refractivity contribution in [3.63, 3.8) is 0 Å². The summed E-state index contributed by atoms with van der Waals surface area (Å²) in [6.07, 6.45) is 7.56. The van der Waals surface area contributed by atoms with E-state index in [-0.39, 0.29) is 0 Å². The minimum atomic E-state index is -0.445. The van der Waals surface area contributed by atoms with Crippen molar-refractivity contribution in [3.05, 3.63) is 64.7 Å². The predicted molar refractivity (Wildman–Crippen MR) is 91.0 cm³/mol. The number of esters is 2. The molecule has 0 spiro atoms. The van der Waals surface area contributed by atoms with Crippen molar-refractivity contribution in [1.82, 2.24) is 0 Å². The summed E-state index contributed by atoms with van der Waals surface area (Å²) < 4.78 is 9.67. The number of carbonyl (C=O) groups excluding carboxylic acids is 2. The number of halogens is 1. The van der Waals surface area contributed by atoms with Crippen LogP contribution in [0.2, 0.25) is 5.02 Å². The zero-order chi connectivity index (χ0) is 17.1. The van der Waals surface area contributed by atoms with E-state index < -0.39 is 11.9 Å². The molecule has 5 heteroatoms. The molecule has 0 N–H and O–H groups in total. The topological polar surface area (TPSA) is 52.6 Å². The van der Waals surface area contributed by atoms with E-state index in [2.05, 4.69) is 0 Å². The maximum atomic E-state index is 11.4. The van der Waals surface area contributed by atoms with Crippen LogP contribution >= 0.6 is 11.6 Å². The summed E-state index contributed by atoms with van der Waals surface area (Å²) in [6, 6.07) is 7.18. The van der Waals surface area contributed by atoms with Gasteiger partial charge in [0.15, 0.2) is 0 Å². The fourth-order valence-electron chi connectivity index (χ4n) is 1.61. The minimum Gasteiger partial charge on any atom is -0.463 e. The van der Waals surface area contributed by atoms with E-state index in [1.807, 2.05) is 18.2 Å². The Bertz CT molecular complexity index is 582. The van der Waals surface area contributed by atoms with Crippen molar-refractivity contribution in [2.24, 2.45) is 0 Å². The van der Waals surface area contributed by atoms with Crippen LogP contribution in [-0.2, 0) is 19.1 Å². The van der Waals surface area contributed by atoms with Gasteiger partial charge in [-0.15, -0.1) is 0 Å². The fourth-order valence-corrected chi connectivity index (χ4v) is 1.74. The maximum Gasteiger partial charge on any atom is 0.330 e. The van der Waals surface area contributed by atoms with Crippen molar-refractivity contribution in [1.29, 1.82) is 0 Å². The molecule has 0 atom stereocenters. The van der Waals surface area contributed by atoms with Gasteiger partial charge in [-0.05, 0) is 55.3 Å². The molecule has 4 nitrogen and oxygen atoms in total. The molecule has 0 aliphatic heterocycles. The molecule has 0 radical (unpaired) electrons. The molecule has 23 heavy (non-hydrogen) atoms. The number of ether oxygens (including phenoxy) is 2. The van der Waals surface area contributed by atoms with E-state index in [1.54, 1.807) is 38.1 Å². The van der Waals surface area contributed by atoms with Crippen molar-refractivity contribution in [2.75, 3.05) is 13.2 Å². The smallest absolute Gasteiger partial charge is 0.330 e. The first kappa shape index (κ1) is 18.7. The molecule has 0 fully saturated rings. The van der Waals surface area contributed by atoms with Crippen LogP contribution in [0.4, 0.5) is 0 Å². The van der Waals surface area contributed by atoms with E-state index in [0.29, 0.717) is 23.8 Å². The molecule has 0 aliphatic rings. The number of benzene rings is 1. The van der Waals surface area contributed by atoms with Crippen LogP contribution in [0.5, 0.6) is 0 Å². The van der Waals surface area contributed by atoms with E-state index in [9.17, 15) is 9.59 Å². The Morgan fingerprint density at radius 1 is 0.913 bits per heavy atom. The Labute approximate surface area is 141 Å². The number of hydrogen-bond acceptors (Lipinski definition) is 4. The van der Waals surface area contributed by atoms with Crippen LogP contribution in [0.1, 0.15) is 19.4 Å². The van der Waals surface area contributed by atoms with Crippen molar-refractivity contribution in [2.45, 2.75) is 13.8 Å². The quantitative estimate of drug-likeness (QED) is 0.430. The molecule has 1 aromatic rings. The highest BCUT2D eigenvalue weighted by molar-refractivity contribution is 6.30. The lowest BCUT2D eigenvalue weighted by atomic mass is 10.1. The molecular weight excluding hydrogens is 316 g/mol. The number of hydrogen-bond donors (Lipinski definition) is 0. The monoisotopic (exact) mass is 334 g/mol. The lowest BCUT2D eigenvalue weighted by Gasteiger charge is -1.99. The predicted octanol–water partition coefficient (Wildman–Crippen LogP) is 3.96. The molecular formula is C18H19ClO4. The van der Waals surface area contributed by atoms with E-state index in [1.165, 1.54) is 12.2 Å². The van der Waals surface area contributed by atoms with Gasteiger partial charge in [0, 0.05) is 17.2 Å². The lowest BCUT2D eigenvalue weighted by molar-refractivity contribution is -0.138. The molecule has 0 bridgehead atoms. The Balaban J connectivity index is 2.97. The summed E-state index contributed by atoms with van der Waals surface area (Å²) in [6.45, 7) is 4.07. The van der Waals surface area contributed by atoms with Crippen LogP contribution in [0.3, 0.4) is 0 Å². The summed E-state index contributed by atoms with van der Waals surface area (Å²) in [5, 5.41) is 0.632. The first-order valence-electron chi connectivity index (χ1n) is 7.22. The highest BCUT2D eigenvalue weighted by Crippen LogP contribution is 2.14. The first-order valence-corrected chi connectivity index (χ1v) is 7.60. The van der Waals surface area contributed by atoms with Gasteiger partial charge in [-0.25, -0.2) is 9.59 Å². The van der Waals surface area contributed by atoms with Gasteiger partial charge < -0.3 is 9.47 Å². The number of rotatable bonds is 7. The summed E-state index contributed by atoms with van der Waals surface area (Å²) in [4.78, 5) is 22.8. The number of allylic oxidation sites excluding steroid dienone is 3. The molecule has 1 aromatic carbocycles. The molecule has 122 valence electrons. The Morgan fingerprint density at radius 2 is 1.39 bits per heavy atom. The molecule has 0 aromatic heterocycles. The van der Waals surface area contributed by atoms with Crippen molar-refractivity contribution in [3.8, 4) is 0 Å². The van der Waals surface area contributed by atoms with Crippen LogP contribution < -0.4 is 0 Å². The molecule has 1 rings (SSSR count). The van der Waals surface area contributed by atoms with Crippen LogP contribution in [0.15, 0.2) is 54.1 Å². The summed E-state index contributed by atoms with van der Waals surface area (Å²) in [5.74, 6) is -0.891. The van der Waals surface area contributed by atoms with Gasteiger partial charge in [-0.3, -0.25) is 0 Å². The van der Waals surface area contributed by atoms with Crippen molar-refractivity contribution >= 4 is 29.6 Å². The Morgan fingerprint density at radius 3 is 1.83 bits per heavy atom. The van der Waals surface area contributed by atoms with Crippen molar-refractivity contribution < 1.29 is 19.1 Å². The lowest BCUT2D eigenvalue weighted by Crippen LogP contribution is -2.00. The second-order valence-electron chi connectivity index (χ2n) is 4.37. The van der Waals surface area contributed by atoms with Crippen LogP contribution in [0, 0.1) is 0 Å². The van der Waals surface area contributed by atoms with Crippen LogP contribution in [-0.4, -0.2) is 25.2 Å². The van der Waals surface area contributed by atoms with Crippen LogP contribution in [0.25, 0.3) is 6.08 Å². The van der Waals surface area contributed by atoms with Gasteiger partial charge in [-0.2, -0.15) is 0 Å². The maximum absolute atomic E-state index is 11.4. The highest BCUT2D eigenvalue weighted by Gasteiger charge is 1.98. The molecule has 0 unspecified atom stereocenters. The first-order chi connectivity index (χ1) is 11.0. The van der Waals surface area contributed by atoms with Gasteiger partial charge in [-0.1, -0.05) is 23.7 Å². The molecule has 0 heterocycles. The van der Waals surface area contributed by atoms with Gasteiger partial charge >= 0.3 is 11.9 Å². The standard InChI is InChI=1S/C18H19ClO4/c1-3-22-17(20)11-7-15(8-12-18(21)23-4-2)13-14-5-9-16(19)10-6-14/h5-13H,3-4H2,1-2H3/b11-7+,12-8+. The molecule has 0 saturated carbocycles. The van der Waals surface area contributed by atoms with E-state index in [4.69, 9.17) is 21.1 Å². The van der Waals surface area contributed by atoms with Gasteiger partial charge in [0.25, 0.3) is 0 Å². The molecule has 0 aliphatic carbocycles. The average Bonchev–Trinajstić information content (AvgIpc) is 2.52. The zero-order valence-corrected chi connectivity index (χ0v) is 13.9. The molecule has 0 amide bonds. The van der Waals surface area contributed by atoms with Gasteiger partial charge in [0.2, 0.25) is 0 Å². The minimum absolute atomic E-state index is 0.304. The largest absolute Gasteiger partial charge is 0.463 e. The third kappa shape index (κ3) is 8.02. The normalized spacial score (nSPS) is 10.7. The van der Waals surface area contributed by atoms with Gasteiger partial charge in [0.1, 0.15) is 0 Å². The third-order valence-electron chi connectivity index (χ3n) is 2.60. The zero-order valence-electron chi connectivity index (χ0n) is 13.1. The summed E-state index contributed by atoms with van der Waals surface area (Å²) >= 11 is 5.85. The summed E-state index contributed by atoms with van der Waals surface area (Å²) in [5.41, 5.74) is 1.53. The van der Waals surface area contributed by atoms with E-state index in [0.717, 1.165) is 5.56 Å². The Kier molecular flexibility index (Phi) is 8.47. The SMILES string of the molecule is CCOC(=O)/C=C/C(=Cc1ccc(Cl)cc1)/C=C/C(=O)OCC. The third-order valence-corrected chi connectivity index (χ3v) is 2.85. The second-order valence-corrected chi connectivity index (χ2v) is 4.80. The molecule has 0 saturated heterocycles. The highest BCUT2D eigenvalue weighted by atomic mass is 35.5.